The summed E-state index contributed by atoms with van der Waals surface area (Å²) in [6.07, 6.45) is 4.81. The Morgan fingerprint density at radius 1 is 0.793 bits per heavy atom. The zero-order valence-electron chi connectivity index (χ0n) is 34.7. The van der Waals surface area contributed by atoms with E-state index in [0.29, 0.717) is 19.3 Å². The minimum Gasteiger partial charge on any atom is -0.461 e. The highest BCUT2D eigenvalue weighted by Crippen LogP contribution is 2.68. The van der Waals surface area contributed by atoms with Crippen molar-refractivity contribution < 1.29 is 53.0 Å². The Balaban J connectivity index is 0.960. The van der Waals surface area contributed by atoms with Gasteiger partial charge >= 0.3 is 17.9 Å². The lowest BCUT2D eigenvalue weighted by Crippen LogP contribution is -2.62. The molecule has 13 atom stereocenters. The van der Waals surface area contributed by atoms with E-state index in [9.17, 15) is 34.3 Å². The Labute approximate surface area is 344 Å². The molecular formula is C46H65O11P. The van der Waals surface area contributed by atoms with E-state index in [1.807, 2.05) is 60.7 Å². The lowest BCUT2D eigenvalue weighted by atomic mass is 9.43. The van der Waals surface area contributed by atoms with Gasteiger partial charge in [-0.2, -0.15) is 0 Å². The quantitative estimate of drug-likeness (QED) is 0.0814. The van der Waals surface area contributed by atoms with Gasteiger partial charge in [-0.25, -0.2) is 0 Å². The van der Waals surface area contributed by atoms with Crippen LogP contribution in [0.1, 0.15) is 103 Å². The van der Waals surface area contributed by atoms with E-state index < -0.39 is 50.2 Å². The highest BCUT2D eigenvalue weighted by atomic mass is 31.2. The molecule has 4 aliphatic carbocycles. The SMILES string of the molecule is C[C@H](CCC(=O)OCOC(=O)CCC(CP(C)(=O)OCc1ccccc1)C(=O)OCc1ccccc1)C1CCC2C3C(C[C@H](O)[C@@]21C)[C@@]1(C)CC[C@@H](O)C[C@H]1C[C@H]3O. The Kier molecular flexibility index (Phi) is 14.6. The highest BCUT2D eigenvalue weighted by Gasteiger charge is 2.65. The summed E-state index contributed by atoms with van der Waals surface area (Å²) in [5, 5.41) is 33.8. The maximum Gasteiger partial charge on any atom is 0.309 e. The fourth-order valence-corrected chi connectivity index (χ4v) is 13.3. The Morgan fingerprint density at radius 2 is 1.41 bits per heavy atom. The Morgan fingerprint density at radius 3 is 2.07 bits per heavy atom. The number of hydrogen-bond donors (Lipinski definition) is 3. The van der Waals surface area contributed by atoms with Crippen LogP contribution in [0.3, 0.4) is 0 Å². The van der Waals surface area contributed by atoms with Crippen molar-refractivity contribution in [2.24, 2.45) is 52.3 Å². The number of aliphatic hydroxyl groups excluding tert-OH is 3. The number of hydrogen-bond acceptors (Lipinski definition) is 11. The second kappa shape index (κ2) is 19.1. The molecule has 0 aliphatic heterocycles. The van der Waals surface area contributed by atoms with E-state index in [1.54, 1.807) is 0 Å². The molecule has 0 spiro atoms. The predicted octanol–water partition coefficient (Wildman–Crippen LogP) is 7.67. The molecule has 0 aromatic heterocycles. The molecule has 4 fully saturated rings. The number of esters is 3. The van der Waals surface area contributed by atoms with Crippen LogP contribution in [0.15, 0.2) is 60.7 Å². The zero-order chi connectivity index (χ0) is 41.7. The second-order valence-corrected chi connectivity index (χ2v) is 21.1. The lowest BCUT2D eigenvalue weighted by Gasteiger charge is -2.63. The first kappa shape index (κ1) is 44.5. The van der Waals surface area contributed by atoms with Crippen molar-refractivity contribution in [1.29, 1.82) is 0 Å². The van der Waals surface area contributed by atoms with Crippen LogP contribution in [0, 0.1) is 52.3 Å². The number of fused-ring (bicyclic) bond motifs is 5. The van der Waals surface area contributed by atoms with Crippen molar-refractivity contribution >= 4 is 25.3 Å². The van der Waals surface area contributed by atoms with Gasteiger partial charge in [0.2, 0.25) is 14.2 Å². The second-order valence-electron chi connectivity index (χ2n) is 18.5. The van der Waals surface area contributed by atoms with Gasteiger partial charge in [-0.05, 0) is 115 Å². The maximum atomic E-state index is 13.5. The Bertz CT molecular complexity index is 1740. The molecule has 6 rings (SSSR count). The minimum atomic E-state index is -3.27. The number of carbonyl (C=O) groups is 3. The topological polar surface area (TPSA) is 166 Å². The molecular weight excluding hydrogens is 759 g/mol. The molecule has 0 amide bonds. The van der Waals surface area contributed by atoms with Crippen molar-refractivity contribution in [3.8, 4) is 0 Å². The van der Waals surface area contributed by atoms with E-state index >= 15 is 0 Å². The van der Waals surface area contributed by atoms with Gasteiger partial charge in [-0.15, -0.1) is 0 Å². The fourth-order valence-electron chi connectivity index (χ4n) is 11.6. The van der Waals surface area contributed by atoms with Gasteiger partial charge < -0.3 is 34.1 Å². The molecule has 0 bridgehead atoms. The van der Waals surface area contributed by atoms with Crippen LogP contribution in [-0.2, 0) is 50.9 Å². The number of rotatable bonds is 17. The standard InChI is InChI=1S/C46H65O11P/c1-30(36-17-18-37-43-38(25-40(49)46(36,37)3)45(2)22-21-35(47)23-34(45)24-39(43)48)15-19-41(50)55-29-56-42(51)20-16-33(44(52)54-26-31-11-7-5-8-12-31)28-58(4,53)57-27-32-13-9-6-10-14-32/h5-14,30,33-40,43,47-49H,15-29H2,1-4H3/t30-,33?,34+,35-,36?,37?,38?,39-,40+,43?,45+,46-,58?/m1/s1. The van der Waals surface area contributed by atoms with Gasteiger partial charge in [0.15, 0.2) is 0 Å². The molecule has 12 heteroatoms. The summed E-state index contributed by atoms with van der Waals surface area (Å²) < 4.78 is 35.3. The first-order chi connectivity index (χ1) is 27.6. The average Bonchev–Trinajstić information content (AvgIpc) is 3.57. The summed E-state index contributed by atoms with van der Waals surface area (Å²) in [6, 6.07) is 18.5. The van der Waals surface area contributed by atoms with Gasteiger partial charge in [0.1, 0.15) is 6.61 Å². The van der Waals surface area contributed by atoms with Crippen molar-refractivity contribution in [3.63, 3.8) is 0 Å². The van der Waals surface area contributed by atoms with E-state index in [1.165, 1.54) is 6.66 Å². The van der Waals surface area contributed by atoms with Gasteiger partial charge in [-0.3, -0.25) is 18.9 Å². The molecule has 0 heterocycles. The number of carbonyl (C=O) groups excluding carboxylic acids is 3. The summed E-state index contributed by atoms with van der Waals surface area (Å²) in [6.45, 7) is 7.73. The smallest absolute Gasteiger partial charge is 0.309 e. The molecule has 2 aromatic carbocycles. The third kappa shape index (κ3) is 10.3. The maximum absolute atomic E-state index is 13.5. The first-order valence-electron chi connectivity index (χ1n) is 21.4. The molecule has 0 saturated heterocycles. The van der Waals surface area contributed by atoms with Crippen molar-refractivity contribution in [2.45, 2.75) is 123 Å². The third-order valence-corrected chi connectivity index (χ3v) is 16.7. The monoisotopic (exact) mass is 824 g/mol. The summed E-state index contributed by atoms with van der Waals surface area (Å²) >= 11 is 0. The highest BCUT2D eigenvalue weighted by molar-refractivity contribution is 7.58. The molecule has 6 unspecified atom stereocenters. The predicted molar refractivity (Wildman–Crippen MR) is 218 cm³/mol. The van der Waals surface area contributed by atoms with Gasteiger partial charge in [0, 0.05) is 25.7 Å². The van der Waals surface area contributed by atoms with Gasteiger partial charge in [0.25, 0.3) is 0 Å². The largest absolute Gasteiger partial charge is 0.461 e. The molecule has 4 saturated carbocycles. The Hall–Kier alpha value is -3.08. The van der Waals surface area contributed by atoms with E-state index in [2.05, 4.69) is 20.8 Å². The average molecular weight is 825 g/mol. The van der Waals surface area contributed by atoms with E-state index in [0.717, 1.165) is 43.2 Å². The summed E-state index contributed by atoms with van der Waals surface area (Å²) in [7, 11) is -3.27. The number of ether oxygens (including phenoxy) is 3. The molecule has 3 N–H and O–H groups in total. The van der Waals surface area contributed by atoms with Crippen molar-refractivity contribution in [3.05, 3.63) is 71.8 Å². The molecule has 4 aliphatic rings. The number of aliphatic hydroxyl groups is 3. The van der Waals surface area contributed by atoms with E-state index in [-0.39, 0.29) is 91.1 Å². The molecule has 2 aromatic rings. The van der Waals surface area contributed by atoms with Crippen LogP contribution in [0.2, 0.25) is 0 Å². The van der Waals surface area contributed by atoms with Gasteiger partial charge in [-0.1, -0.05) is 81.4 Å². The van der Waals surface area contributed by atoms with Crippen LogP contribution in [-0.4, -0.2) is 71.2 Å². The van der Waals surface area contributed by atoms with Crippen LogP contribution >= 0.6 is 7.37 Å². The minimum absolute atomic E-state index is 0.00950. The van der Waals surface area contributed by atoms with Crippen LogP contribution in [0.5, 0.6) is 0 Å². The lowest BCUT2D eigenvalue weighted by molar-refractivity contribution is -0.207. The zero-order valence-corrected chi connectivity index (χ0v) is 35.6. The van der Waals surface area contributed by atoms with Crippen LogP contribution in [0.25, 0.3) is 0 Å². The van der Waals surface area contributed by atoms with Crippen molar-refractivity contribution in [1.82, 2.24) is 0 Å². The normalized spacial score (nSPS) is 33.6. The molecule has 11 nitrogen and oxygen atoms in total. The summed E-state index contributed by atoms with van der Waals surface area (Å²) in [5.41, 5.74) is 1.28. The van der Waals surface area contributed by atoms with E-state index in [4.69, 9.17) is 18.7 Å². The summed E-state index contributed by atoms with van der Waals surface area (Å²) in [4.78, 5) is 38.8. The van der Waals surface area contributed by atoms with Crippen LogP contribution < -0.4 is 0 Å². The first-order valence-corrected chi connectivity index (χ1v) is 23.7. The van der Waals surface area contributed by atoms with Crippen molar-refractivity contribution in [2.75, 3.05) is 19.6 Å². The molecule has 320 valence electrons. The number of benzene rings is 2. The molecule has 58 heavy (non-hydrogen) atoms. The summed E-state index contributed by atoms with van der Waals surface area (Å²) in [5.74, 6) is -1.53. The van der Waals surface area contributed by atoms with Gasteiger partial charge in [0.05, 0.1) is 30.8 Å². The third-order valence-electron chi connectivity index (χ3n) is 14.9. The molecule has 0 radical (unpaired) electrons. The van der Waals surface area contributed by atoms with Crippen LogP contribution in [0.4, 0.5) is 0 Å². The fraction of sp³-hybridized carbons (Fsp3) is 0.674.